The molecule has 1 heterocycles. The van der Waals surface area contributed by atoms with Gasteiger partial charge in [0.15, 0.2) is 11.5 Å². The minimum atomic E-state index is 0.199. The Balaban J connectivity index is 2.11. The summed E-state index contributed by atoms with van der Waals surface area (Å²) in [6, 6.07) is 3.94. The van der Waals surface area contributed by atoms with E-state index in [1.54, 1.807) is 14.2 Å². The molecule has 1 aliphatic heterocycles. The summed E-state index contributed by atoms with van der Waals surface area (Å²) < 4.78 is 10.7. The maximum Gasteiger partial charge on any atom is 0.227 e. The molecule has 0 radical (unpaired) electrons. The molecule has 1 aromatic rings. The van der Waals surface area contributed by atoms with Gasteiger partial charge in [0.2, 0.25) is 5.91 Å². The van der Waals surface area contributed by atoms with Crippen molar-refractivity contribution in [3.8, 4) is 11.5 Å². The summed E-state index contributed by atoms with van der Waals surface area (Å²) in [4.78, 5) is 16.6. The topological polar surface area (TPSA) is 42.0 Å². The second-order valence-electron chi connectivity index (χ2n) is 5.94. The minimum absolute atomic E-state index is 0.199. The van der Waals surface area contributed by atoms with Crippen molar-refractivity contribution in [2.45, 2.75) is 19.3 Å². The van der Waals surface area contributed by atoms with Gasteiger partial charge in [-0.3, -0.25) is 4.79 Å². The number of amides is 1. The summed E-state index contributed by atoms with van der Waals surface area (Å²) in [6.07, 6.45) is 2.31. The van der Waals surface area contributed by atoms with Gasteiger partial charge in [0.05, 0.1) is 20.6 Å². The van der Waals surface area contributed by atoms with Crippen molar-refractivity contribution >= 4 is 5.91 Å². The number of nitrogens with zero attached hydrogens (tertiary/aromatic N) is 2. The molecule has 5 nitrogen and oxygen atoms in total. The van der Waals surface area contributed by atoms with E-state index in [4.69, 9.17) is 9.47 Å². The van der Waals surface area contributed by atoms with Crippen LogP contribution in [0.25, 0.3) is 0 Å². The lowest BCUT2D eigenvalue weighted by atomic mass is 10.0. The Hall–Kier alpha value is -1.75. The van der Waals surface area contributed by atoms with Gasteiger partial charge in [0.25, 0.3) is 0 Å². The number of hydrogen-bond donors (Lipinski definition) is 0. The SMILES string of the molecule is COc1cc2c(cc1OC)CC(=O)N(CCCN(C)C)CC2. The van der Waals surface area contributed by atoms with Crippen molar-refractivity contribution < 1.29 is 14.3 Å². The van der Waals surface area contributed by atoms with E-state index >= 15 is 0 Å². The van der Waals surface area contributed by atoms with Crippen LogP contribution < -0.4 is 9.47 Å². The van der Waals surface area contributed by atoms with Crippen LogP contribution in [0, 0.1) is 0 Å². The molecule has 0 aliphatic carbocycles. The Morgan fingerprint density at radius 1 is 1.14 bits per heavy atom. The summed E-state index contributed by atoms with van der Waals surface area (Å²) in [7, 11) is 7.37. The lowest BCUT2D eigenvalue weighted by Gasteiger charge is -2.21. The fraction of sp³-hybridized carbons (Fsp3) is 0.588. The summed E-state index contributed by atoms with van der Waals surface area (Å²) in [5.41, 5.74) is 2.24. The van der Waals surface area contributed by atoms with E-state index in [-0.39, 0.29) is 5.91 Å². The van der Waals surface area contributed by atoms with Crippen LogP contribution in [0.2, 0.25) is 0 Å². The van der Waals surface area contributed by atoms with Gasteiger partial charge < -0.3 is 19.3 Å². The second kappa shape index (κ2) is 7.49. The zero-order valence-electron chi connectivity index (χ0n) is 14.0. The Kier molecular flexibility index (Phi) is 5.66. The molecular formula is C17H26N2O3. The number of carbonyl (C=O) groups is 1. The zero-order chi connectivity index (χ0) is 16.1. The number of fused-ring (bicyclic) bond motifs is 1. The molecule has 122 valence electrons. The normalized spacial score (nSPS) is 14.8. The fourth-order valence-corrected chi connectivity index (χ4v) is 2.83. The predicted octanol–water partition coefficient (Wildman–Crippen LogP) is 1.58. The molecule has 22 heavy (non-hydrogen) atoms. The van der Waals surface area contributed by atoms with Crippen LogP contribution in [0.3, 0.4) is 0 Å². The molecule has 2 rings (SSSR count). The van der Waals surface area contributed by atoms with E-state index in [2.05, 4.69) is 19.0 Å². The Morgan fingerprint density at radius 2 is 1.77 bits per heavy atom. The average Bonchev–Trinajstić information content (AvgIpc) is 2.64. The van der Waals surface area contributed by atoms with Gasteiger partial charge in [-0.15, -0.1) is 0 Å². The van der Waals surface area contributed by atoms with E-state index in [1.807, 2.05) is 17.0 Å². The summed E-state index contributed by atoms with van der Waals surface area (Å²) >= 11 is 0. The van der Waals surface area contributed by atoms with E-state index in [0.717, 1.165) is 43.8 Å². The Bertz CT molecular complexity index is 529. The van der Waals surface area contributed by atoms with E-state index in [1.165, 1.54) is 5.56 Å². The third-order valence-electron chi connectivity index (χ3n) is 4.08. The van der Waals surface area contributed by atoms with Crippen LogP contribution in [-0.2, 0) is 17.6 Å². The number of ether oxygens (including phenoxy) is 2. The fourth-order valence-electron chi connectivity index (χ4n) is 2.83. The van der Waals surface area contributed by atoms with Crippen molar-refractivity contribution in [3.05, 3.63) is 23.3 Å². The van der Waals surface area contributed by atoms with Gasteiger partial charge in [-0.25, -0.2) is 0 Å². The lowest BCUT2D eigenvalue weighted by Crippen LogP contribution is -2.34. The smallest absolute Gasteiger partial charge is 0.227 e. The molecule has 0 N–H and O–H groups in total. The highest BCUT2D eigenvalue weighted by molar-refractivity contribution is 5.80. The first kappa shape index (κ1) is 16.6. The number of rotatable bonds is 6. The maximum absolute atomic E-state index is 12.4. The molecule has 0 bridgehead atoms. The monoisotopic (exact) mass is 306 g/mol. The standard InChI is InChI=1S/C17H26N2O3/c1-18(2)7-5-8-19-9-6-13-10-15(21-3)16(22-4)11-14(13)12-17(19)20/h10-11H,5-9,12H2,1-4H3. The van der Waals surface area contributed by atoms with E-state index in [0.29, 0.717) is 12.2 Å². The van der Waals surface area contributed by atoms with Gasteiger partial charge in [-0.05, 0) is 56.7 Å². The maximum atomic E-state index is 12.4. The van der Waals surface area contributed by atoms with Crippen molar-refractivity contribution in [3.63, 3.8) is 0 Å². The summed E-state index contributed by atoms with van der Waals surface area (Å²) in [6.45, 7) is 2.59. The number of benzene rings is 1. The van der Waals surface area contributed by atoms with Gasteiger partial charge in [0.1, 0.15) is 0 Å². The first-order chi connectivity index (χ1) is 10.5. The molecule has 0 unspecified atom stereocenters. The van der Waals surface area contributed by atoms with Crippen LogP contribution in [0.5, 0.6) is 11.5 Å². The highest BCUT2D eigenvalue weighted by Crippen LogP contribution is 2.32. The molecule has 0 fully saturated rings. The largest absolute Gasteiger partial charge is 0.493 e. The molecule has 0 spiro atoms. The van der Waals surface area contributed by atoms with Crippen LogP contribution in [0.1, 0.15) is 17.5 Å². The first-order valence-corrected chi connectivity index (χ1v) is 7.71. The highest BCUT2D eigenvalue weighted by Gasteiger charge is 2.22. The summed E-state index contributed by atoms with van der Waals surface area (Å²) in [5, 5.41) is 0. The summed E-state index contributed by atoms with van der Waals surface area (Å²) in [5.74, 6) is 1.62. The third kappa shape index (κ3) is 3.91. The minimum Gasteiger partial charge on any atom is -0.493 e. The van der Waals surface area contributed by atoms with Gasteiger partial charge in [-0.1, -0.05) is 0 Å². The molecule has 5 heteroatoms. The first-order valence-electron chi connectivity index (χ1n) is 7.71. The highest BCUT2D eigenvalue weighted by atomic mass is 16.5. The van der Waals surface area contributed by atoms with Crippen LogP contribution in [-0.4, -0.2) is 63.7 Å². The van der Waals surface area contributed by atoms with E-state index in [9.17, 15) is 4.79 Å². The Labute approximate surface area is 132 Å². The molecular weight excluding hydrogens is 280 g/mol. The van der Waals surface area contributed by atoms with Crippen LogP contribution in [0.4, 0.5) is 0 Å². The van der Waals surface area contributed by atoms with E-state index < -0.39 is 0 Å². The number of hydrogen-bond acceptors (Lipinski definition) is 4. The molecule has 1 amide bonds. The number of methoxy groups -OCH3 is 2. The second-order valence-corrected chi connectivity index (χ2v) is 5.94. The van der Waals surface area contributed by atoms with Crippen molar-refractivity contribution in [2.24, 2.45) is 0 Å². The molecule has 0 aromatic heterocycles. The molecule has 1 aromatic carbocycles. The number of carbonyl (C=O) groups excluding carboxylic acids is 1. The zero-order valence-corrected chi connectivity index (χ0v) is 14.0. The quantitative estimate of drug-likeness (QED) is 0.800. The Morgan fingerprint density at radius 3 is 2.36 bits per heavy atom. The van der Waals surface area contributed by atoms with Crippen LogP contribution in [0.15, 0.2) is 12.1 Å². The van der Waals surface area contributed by atoms with Gasteiger partial charge in [0, 0.05) is 13.1 Å². The molecule has 0 saturated heterocycles. The lowest BCUT2D eigenvalue weighted by molar-refractivity contribution is -0.130. The van der Waals surface area contributed by atoms with Crippen molar-refractivity contribution in [1.82, 2.24) is 9.80 Å². The van der Waals surface area contributed by atoms with Gasteiger partial charge >= 0.3 is 0 Å². The average molecular weight is 306 g/mol. The van der Waals surface area contributed by atoms with Crippen molar-refractivity contribution in [1.29, 1.82) is 0 Å². The molecule has 0 atom stereocenters. The van der Waals surface area contributed by atoms with Crippen LogP contribution >= 0.6 is 0 Å². The molecule has 0 saturated carbocycles. The third-order valence-corrected chi connectivity index (χ3v) is 4.08. The van der Waals surface area contributed by atoms with Gasteiger partial charge in [-0.2, -0.15) is 0 Å². The predicted molar refractivity (Wildman–Crippen MR) is 86.7 cm³/mol. The van der Waals surface area contributed by atoms with Crippen molar-refractivity contribution in [2.75, 3.05) is 47.9 Å². The molecule has 1 aliphatic rings.